The first-order valence-corrected chi connectivity index (χ1v) is 10.2. The number of amides is 2. The molecule has 1 fully saturated rings. The molecule has 0 aromatic heterocycles. The third-order valence-electron chi connectivity index (χ3n) is 5.68. The maximum atomic E-state index is 12.3. The number of rotatable bonds is 5. The summed E-state index contributed by atoms with van der Waals surface area (Å²) >= 11 is 0. The molecule has 0 bridgehead atoms. The molecule has 2 aromatic rings. The Labute approximate surface area is 173 Å². The molecule has 1 aliphatic carbocycles. The van der Waals surface area contributed by atoms with Gasteiger partial charge in [0.05, 0.1) is 0 Å². The molecule has 0 heterocycles. The van der Waals surface area contributed by atoms with E-state index < -0.39 is 0 Å². The maximum Gasteiger partial charge on any atom is 0.251 e. The predicted octanol–water partition coefficient (Wildman–Crippen LogP) is 5.06. The van der Waals surface area contributed by atoms with Crippen molar-refractivity contribution < 1.29 is 14.3 Å². The van der Waals surface area contributed by atoms with E-state index in [0.29, 0.717) is 11.6 Å². The highest BCUT2D eigenvalue weighted by atomic mass is 16.5. The quantitative estimate of drug-likeness (QED) is 0.771. The molecule has 2 amide bonds. The Balaban J connectivity index is 1.87. The molecule has 0 unspecified atom stereocenters. The van der Waals surface area contributed by atoms with Crippen molar-refractivity contribution in [2.45, 2.75) is 59.4 Å². The van der Waals surface area contributed by atoms with Crippen LogP contribution in [0.2, 0.25) is 0 Å². The summed E-state index contributed by atoms with van der Waals surface area (Å²) in [7, 11) is 1.63. The second-order valence-corrected chi connectivity index (χ2v) is 7.89. The van der Waals surface area contributed by atoms with E-state index in [1.54, 1.807) is 14.0 Å². The highest BCUT2D eigenvalue weighted by Gasteiger charge is 2.26. The Hall–Kier alpha value is -2.82. The molecule has 29 heavy (non-hydrogen) atoms. The molecule has 0 atom stereocenters. The average molecular weight is 395 g/mol. The Morgan fingerprint density at radius 2 is 1.62 bits per heavy atom. The molecule has 0 spiro atoms. The first-order valence-electron chi connectivity index (χ1n) is 10.2. The summed E-state index contributed by atoms with van der Waals surface area (Å²) in [4.78, 5) is 26.2. The summed E-state index contributed by atoms with van der Waals surface area (Å²) in [6, 6.07) is 9.95. The van der Waals surface area contributed by atoms with Crippen LogP contribution in [0.4, 0.5) is 5.69 Å². The highest BCUT2D eigenvalue weighted by molar-refractivity contribution is 5.96. The van der Waals surface area contributed by atoms with Gasteiger partial charge in [0.15, 0.2) is 0 Å². The second-order valence-electron chi connectivity index (χ2n) is 7.89. The SMILES string of the molecule is CNC(=O)c1cc(C)c(Oc2ccc(N(C(C)=O)C3CCCC3)cc2C)cc1C. The van der Waals surface area contributed by atoms with Gasteiger partial charge in [0.25, 0.3) is 5.91 Å². The van der Waals surface area contributed by atoms with Crippen molar-refractivity contribution in [2.24, 2.45) is 0 Å². The van der Waals surface area contributed by atoms with Crippen molar-refractivity contribution in [3.05, 3.63) is 52.6 Å². The van der Waals surface area contributed by atoms with Crippen LogP contribution >= 0.6 is 0 Å². The van der Waals surface area contributed by atoms with Gasteiger partial charge >= 0.3 is 0 Å². The van der Waals surface area contributed by atoms with Crippen LogP contribution < -0.4 is 15.0 Å². The van der Waals surface area contributed by atoms with Crippen molar-refractivity contribution in [1.82, 2.24) is 5.32 Å². The molecule has 5 heteroatoms. The third-order valence-corrected chi connectivity index (χ3v) is 5.68. The van der Waals surface area contributed by atoms with Gasteiger partial charge in [0, 0.05) is 31.3 Å². The van der Waals surface area contributed by atoms with Gasteiger partial charge in [-0.2, -0.15) is 0 Å². The molecule has 2 aromatic carbocycles. The van der Waals surface area contributed by atoms with Crippen LogP contribution in [0.1, 0.15) is 59.7 Å². The lowest BCUT2D eigenvalue weighted by atomic mass is 10.0. The zero-order chi connectivity index (χ0) is 21.1. The van der Waals surface area contributed by atoms with E-state index in [2.05, 4.69) is 5.32 Å². The van der Waals surface area contributed by atoms with E-state index in [4.69, 9.17) is 4.74 Å². The summed E-state index contributed by atoms with van der Waals surface area (Å²) < 4.78 is 6.17. The van der Waals surface area contributed by atoms with Crippen molar-refractivity contribution >= 4 is 17.5 Å². The summed E-state index contributed by atoms with van der Waals surface area (Å²) in [6.45, 7) is 7.47. The molecular formula is C24H30N2O3. The zero-order valence-electron chi connectivity index (χ0n) is 18.0. The van der Waals surface area contributed by atoms with Gasteiger partial charge in [-0.15, -0.1) is 0 Å². The number of aryl methyl sites for hydroxylation is 3. The Morgan fingerprint density at radius 1 is 0.966 bits per heavy atom. The van der Waals surface area contributed by atoms with Gasteiger partial charge < -0.3 is 15.0 Å². The lowest BCUT2D eigenvalue weighted by Gasteiger charge is -2.28. The number of carbonyl (C=O) groups is 2. The number of hydrogen-bond acceptors (Lipinski definition) is 3. The molecule has 0 aliphatic heterocycles. The normalized spacial score (nSPS) is 14.0. The van der Waals surface area contributed by atoms with Crippen LogP contribution in [0.15, 0.2) is 30.3 Å². The molecule has 5 nitrogen and oxygen atoms in total. The van der Waals surface area contributed by atoms with Crippen LogP contribution in [0, 0.1) is 20.8 Å². The maximum absolute atomic E-state index is 12.3. The fourth-order valence-electron chi connectivity index (χ4n) is 4.11. The fourth-order valence-corrected chi connectivity index (χ4v) is 4.11. The van der Waals surface area contributed by atoms with Crippen molar-refractivity contribution in [3.8, 4) is 11.5 Å². The number of ether oxygens (including phenoxy) is 1. The van der Waals surface area contributed by atoms with E-state index >= 15 is 0 Å². The van der Waals surface area contributed by atoms with Crippen LogP contribution in [0.3, 0.4) is 0 Å². The van der Waals surface area contributed by atoms with Crippen LogP contribution in [0.5, 0.6) is 11.5 Å². The number of carbonyl (C=O) groups excluding carboxylic acids is 2. The molecule has 154 valence electrons. The number of nitrogens with zero attached hydrogens (tertiary/aromatic N) is 1. The first kappa shape index (κ1) is 20.9. The van der Waals surface area contributed by atoms with Gasteiger partial charge in [-0.3, -0.25) is 9.59 Å². The molecule has 1 aliphatic rings. The third kappa shape index (κ3) is 4.44. The first-order chi connectivity index (χ1) is 13.8. The van der Waals surface area contributed by atoms with Gasteiger partial charge in [-0.1, -0.05) is 12.8 Å². The molecule has 1 saturated carbocycles. The average Bonchev–Trinajstić information content (AvgIpc) is 3.19. The monoisotopic (exact) mass is 394 g/mol. The summed E-state index contributed by atoms with van der Waals surface area (Å²) in [5.74, 6) is 1.46. The summed E-state index contributed by atoms with van der Waals surface area (Å²) in [5.41, 5.74) is 4.31. The molecule has 1 N–H and O–H groups in total. The number of benzene rings is 2. The Kier molecular flexibility index (Phi) is 6.26. The zero-order valence-corrected chi connectivity index (χ0v) is 18.0. The smallest absolute Gasteiger partial charge is 0.251 e. The standard InChI is InChI=1S/C24H30N2O3/c1-15-14-23(17(3)13-21(15)24(28)25-5)29-22-11-10-20(12-16(22)2)26(18(4)27)19-8-6-7-9-19/h10-14,19H,6-9H2,1-5H3,(H,25,28). The topological polar surface area (TPSA) is 58.6 Å². The van der Waals surface area contributed by atoms with E-state index in [0.717, 1.165) is 46.7 Å². The van der Waals surface area contributed by atoms with Crippen LogP contribution in [-0.2, 0) is 4.79 Å². The largest absolute Gasteiger partial charge is 0.457 e. The lowest BCUT2D eigenvalue weighted by Crippen LogP contribution is -2.37. The van der Waals surface area contributed by atoms with Gasteiger partial charge in [0.2, 0.25) is 5.91 Å². The minimum Gasteiger partial charge on any atom is -0.457 e. The van der Waals surface area contributed by atoms with Crippen molar-refractivity contribution in [2.75, 3.05) is 11.9 Å². The van der Waals surface area contributed by atoms with Crippen molar-refractivity contribution in [1.29, 1.82) is 0 Å². The van der Waals surface area contributed by atoms with E-state index in [1.807, 2.05) is 56.0 Å². The van der Waals surface area contributed by atoms with Crippen LogP contribution in [0.25, 0.3) is 0 Å². The Bertz CT molecular complexity index is 930. The molecule has 3 rings (SSSR count). The molecular weight excluding hydrogens is 364 g/mol. The lowest BCUT2D eigenvalue weighted by molar-refractivity contribution is -0.117. The van der Waals surface area contributed by atoms with Gasteiger partial charge in [-0.05, 0) is 80.6 Å². The minimum atomic E-state index is -0.103. The van der Waals surface area contributed by atoms with Gasteiger partial charge in [-0.25, -0.2) is 0 Å². The second kappa shape index (κ2) is 8.68. The number of anilines is 1. The highest BCUT2D eigenvalue weighted by Crippen LogP contribution is 2.34. The van der Waals surface area contributed by atoms with E-state index in [9.17, 15) is 9.59 Å². The van der Waals surface area contributed by atoms with Crippen LogP contribution in [-0.4, -0.2) is 24.9 Å². The van der Waals surface area contributed by atoms with Gasteiger partial charge in [0.1, 0.15) is 11.5 Å². The predicted molar refractivity (Wildman–Crippen MR) is 116 cm³/mol. The molecule has 0 radical (unpaired) electrons. The fraction of sp³-hybridized carbons (Fsp3) is 0.417. The van der Waals surface area contributed by atoms with E-state index in [1.165, 1.54) is 12.8 Å². The number of hydrogen-bond donors (Lipinski definition) is 1. The summed E-state index contributed by atoms with van der Waals surface area (Å²) in [6.07, 6.45) is 4.48. The van der Waals surface area contributed by atoms with E-state index in [-0.39, 0.29) is 11.8 Å². The summed E-state index contributed by atoms with van der Waals surface area (Å²) in [5, 5.41) is 2.66. The number of nitrogens with one attached hydrogen (secondary N) is 1. The van der Waals surface area contributed by atoms with Crippen molar-refractivity contribution in [3.63, 3.8) is 0 Å². The minimum absolute atomic E-state index is 0.0845. The molecule has 0 saturated heterocycles. The Morgan fingerprint density at radius 3 is 2.21 bits per heavy atom.